The molecule has 32 heavy (non-hydrogen) atoms. The summed E-state index contributed by atoms with van der Waals surface area (Å²) < 4.78 is 38.3. The molecule has 0 aliphatic heterocycles. The Morgan fingerprint density at radius 3 is 2.62 bits per heavy atom. The van der Waals surface area contributed by atoms with E-state index in [4.69, 9.17) is 10.4 Å². The van der Waals surface area contributed by atoms with Gasteiger partial charge in [-0.2, -0.15) is 5.26 Å². The molecular weight excluding hydrogens is 431 g/mol. The van der Waals surface area contributed by atoms with E-state index in [1.807, 2.05) is 0 Å². The molecule has 1 heterocycles. The Morgan fingerprint density at radius 2 is 1.91 bits per heavy atom. The van der Waals surface area contributed by atoms with Crippen molar-refractivity contribution in [3.8, 4) is 17.2 Å². The molecule has 1 aromatic heterocycles. The highest BCUT2D eigenvalue weighted by Crippen LogP contribution is 2.29. The molecule has 0 saturated carbocycles. The number of sulfonamides is 1. The zero-order valence-corrected chi connectivity index (χ0v) is 17.4. The number of H-pyrrole nitrogens is 1. The smallest absolute Gasteiger partial charge is 0.238 e. The fourth-order valence-electron chi connectivity index (χ4n) is 3.50. The van der Waals surface area contributed by atoms with Gasteiger partial charge in [0.2, 0.25) is 15.9 Å². The molecule has 4 N–H and O–H groups in total. The first-order chi connectivity index (χ1) is 15.3. The predicted molar refractivity (Wildman–Crippen MR) is 119 cm³/mol. The summed E-state index contributed by atoms with van der Waals surface area (Å²) in [5.41, 5.74) is 2.47. The van der Waals surface area contributed by atoms with Crippen molar-refractivity contribution >= 4 is 32.5 Å². The van der Waals surface area contributed by atoms with E-state index in [2.05, 4.69) is 16.4 Å². The highest BCUT2D eigenvalue weighted by Gasteiger charge is 2.17. The van der Waals surface area contributed by atoms with E-state index in [1.165, 1.54) is 30.3 Å². The number of aromatic amines is 1. The number of rotatable bonds is 5. The van der Waals surface area contributed by atoms with Gasteiger partial charge in [0.15, 0.2) is 0 Å². The summed E-state index contributed by atoms with van der Waals surface area (Å²) in [7, 11) is -3.99. The van der Waals surface area contributed by atoms with Gasteiger partial charge in [0.25, 0.3) is 0 Å². The van der Waals surface area contributed by atoms with Crippen molar-refractivity contribution in [1.29, 1.82) is 5.26 Å². The third-order valence-electron chi connectivity index (χ3n) is 5.00. The van der Waals surface area contributed by atoms with Crippen LogP contribution in [0.3, 0.4) is 0 Å². The third kappa shape index (κ3) is 4.23. The van der Waals surface area contributed by atoms with Crippen LogP contribution in [-0.2, 0) is 21.2 Å². The maximum Gasteiger partial charge on any atom is 0.238 e. The van der Waals surface area contributed by atoms with Crippen LogP contribution in [0.2, 0.25) is 0 Å². The van der Waals surface area contributed by atoms with Gasteiger partial charge >= 0.3 is 0 Å². The number of hydrogen-bond acceptors (Lipinski definition) is 4. The summed E-state index contributed by atoms with van der Waals surface area (Å²) in [6, 6.07) is 17.2. The number of nitrogens with two attached hydrogens (primary N) is 1. The Morgan fingerprint density at radius 1 is 1.12 bits per heavy atom. The Labute approximate surface area is 183 Å². The van der Waals surface area contributed by atoms with Crippen molar-refractivity contribution in [2.24, 2.45) is 5.14 Å². The molecule has 0 radical (unpaired) electrons. The van der Waals surface area contributed by atoms with Gasteiger partial charge in [0.05, 0.1) is 28.6 Å². The quantitative estimate of drug-likeness (QED) is 0.430. The molecule has 0 atom stereocenters. The third-order valence-corrected chi connectivity index (χ3v) is 5.96. The number of nitriles is 1. The minimum absolute atomic E-state index is 0.0235. The van der Waals surface area contributed by atoms with E-state index in [9.17, 15) is 17.6 Å². The van der Waals surface area contributed by atoms with Crippen LogP contribution in [0.5, 0.6) is 0 Å². The average Bonchev–Trinajstić information content (AvgIpc) is 3.16. The normalized spacial score (nSPS) is 11.3. The predicted octanol–water partition coefficient (Wildman–Crippen LogP) is 3.67. The summed E-state index contributed by atoms with van der Waals surface area (Å²) in [5, 5.41) is 17.6. The summed E-state index contributed by atoms with van der Waals surface area (Å²) in [6.07, 6.45) is 1.65. The molecule has 3 aromatic carbocycles. The monoisotopic (exact) mass is 448 g/mol. The molecule has 0 spiro atoms. The van der Waals surface area contributed by atoms with Gasteiger partial charge in [-0.25, -0.2) is 17.9 Å². The van der Waals surface area contributed by atoms with Crippen LogP contribution < -0.4 is 10.5 Å². The zero-order chi connectivity index (χ0) is 22.9. The molecule has 0 bridgehead atoms. The molecule has 9 heteroatoms. The molecular formula is C23H17FN4O3S. The number of carbonyl (C=O) groups excluding carboxylic acids is 1. The topological polar surface area (TPSA) is 129 Å². The van der Waals surface area contributed by atoms with Crippen LogP contribution >= 0.6 is 0 Å². The fraction of sp³-hybridized carbons (Fsp3) is 0.0435. The molecule has 0 saturated heterocycles. The summed E-state index contributed by atoms with van der Waals surface area (Å²) in [5.74, 6) is -1.16. The van der Waals surface area contributed by atoms with Crippen molar-refractivity contribution in [2.45, 2.75) is 11.3 Å². The van der Waals surface area contributed by atoms with E-state index in [0.29, 0.717) is 16.7 Å². The second-order valence-corrected chi connectivity index (χ2v) is 8.68. The van der Waals surface area contributed by atoms with Crippen LogP contribution in [0.4, 0.5) is 10.1 Å². The minimum atomic E-state index is -3.99. The minimum Gasteiger partial charge on any atom is -0.361 e. The number of benzene rings is 3. The van der Waals surface area contributed by atoms with E-state index in [-0.39, 0.29) is 22.6 Å². The number of primary sulfonamides is 1. The number of fused-ring (bicyclic) bond motifs is 1. The Balaban J connectivity index is 1.57. The molecule has 0 aliphatic rings. The Bertz CT molecular complexity index is 1500. The second kappa shape index (κ2) is 8.26. The Kier molecular flexibility index (Phi) is 5.48. The van der Waals surface area contributed by atoms with Crippen molar-refractivity contribution in [1.82, 2.24) is 4.98 Å². The lowest BCUT2D eigenvalue weighted by Gasteiger charge is -2.11. The molecule has 160 valence electrons. The van der Waals surface area contributed by atoms with Crippen molar-refractivity contribution in [2.75, 3.05) is 5.32 Å². The molecule has 1 amide bonds. The maximum absolute atomic E-state index is 14.7. The van der Waals surface area contributed by atoms with Crippen molar-refractivity contribution in [3.05, 3.63) is 83.8 Å². The standard InChI is InChI=1S/C23H17FN4O3S/c24-19-10-15(17-3-1-2-4-22(17)32(26,30)31)6-8-21(19)28-23(29)11-16-13-27-20-7-5-14(12-25)9-18(16)20/h1-10,13,27H,11H2,(H,28,29)(H2,26,30,31). The molecule has 0 fully saturated rings. The van der Waals surface area contributed by atoms with Crippen LogP contribution in [0.25, 0.3) is 22.0 Å². The van der Waals surface area contributed by atoms with Gasteiger partial charge in [-0.3, -0.25) is 4.79 Å². The van der Waals surface area contributed by atoms with Gasteiger partial charge in [0, 0.05) is 22.7 Å². The van der Waals surface area contributed by atoms with Gasteiger partial charge in [0.1, 0.15) is 5.82 Å². The van der Waals surface area contributed by atoms with Crippen LogP contribution in [-0.4, -0.2) is 19.3 Å². The number of nitrogens with zero attached hydrogens (tertiary/aromatic N) is 1. The first-order valence-corrected chi connectivity index (χ1v) is 11.0. The van der Waals surface area contributed by atoms with Crippen molar-refractivity contribution < 1.29 is 17.6 Å². The largest absolute Gasteiger partial charge is 0.361 e. The van der Waals surface area contributed by atoms with Gasteiger partial charge in [-0.1, -0.05) is 24.3 Å². The average molecular weight is 448 g/mol. The summed E-state index contributed by atoms with van der Waals surface area (Å²) in [6.45, 7) is 0. The number of aromatic nitrogens is 1. The van der Waals surface area contributed by atoms with Crippen LogP contribution in [0.1, 0.15) is 11.1 Å². The number of anilines is 1. The Hall–Kier alpha value is -4.00. The molecule has 0 unspecified atom stereocenters. The summed E-state index contributed by atoms with van der Waals surface area (Å²) in [4.78, 5) is 15.4. The maximum atomic E-state index is 14.7. The number of amides is 1. The lowest BCUT2D eigenvalue weighted by atomic mass is 10.0. The number of carbonyl (C=O) groups is 1. The number of hydrogen-bond donors (Lipinski definition) is 3. The molecule has 0 aliphatic carbocycles. The second-order valence-electron chi connectivity index (χ2n) is 7.15. The molecule has 7 nitrogen and oxygen atoms in total. The SMILES string of the molecule is N#Cc1ccc2[nH]cc(CC(=O)Nc3ccc(-c4ccccc4S(N)(=O)=O)cc3F)c2c1. The highest BCUT2D eigenvalue weighted by molar-refractivity contribution is 7.89. The number of nitrogens with one attached hydrogen (secondary N) is 2. The molecule has 4 rings (SSSR count). The van der Waals surface area contributed by atoms with E-state index in [1.54, 1.807) is 30.5 Å². The van der Waals surface area contributed by atoms with E-state index >= 15 is 0 Å². The number of halogens is 1. The van der Waals surface area contributed by atoms with Gasteiger partial charge in [-0.05, 0) is 47.5 Å². The van der Waals surface area contributed by atoms with Crippen molar-refractivity contribution in [3.63, 3.8) is 0 Å². The summed E-state index contributed by atoms with van der Waals surface area (Å²) >= 11 is 0. The lowest BCUT2D eigenvalue weighted by Crippen LogP contribution is -2.15. The lowest BCUT2D eigenvalue weighted by molar-refractivity contribution is -0.115. The fourth-order valence-corrected chi connectivity index (χ4v) is 4.26. The molecule has 4 aromatic rings. The van der Waals surface area contributed by atoms with E-state index < -0.39 is 21.7 Å². The highest BCUT2D eigenvalue weighted by atomic mass is 32.2. The van der Waals surface area contributed by atoms with Crippen LogP contribution in [0.15, 0.2) is 71.8 Å². The zero-order valence-electron chi connectivity index (χ0n) is 16.6. The van der Waals surface area contributed by atoms with Gasteiger partial charge in [-0.15, -0.1) is 0 Å². The van der Waals surface area contributed by atoms with Crippen LogP contribution in [0, 0.1) is 17.1 Å². The first-order valence-electron chi connectivity index (χ1n) is 9.48. The first kappa shape index (κ1) is 21.2. The van der Waals surface area contributed by atoms with E-state index in [0.717, 1.165) is 17.0 Å². The van der Waals surface area contributed by atoms with Gasteiger partial charge < -0.3 is 10.3 Å².